The molecule has 2 heterocycles. The molecule has 9 heteroatoms. The molecule has 3 aromatic rings. The predicted octanol–water partition coefficient (Wildman–Crippen LogP) is 1.15. The van der Waals surface area contributed by atoms with E-state index < -0.39 is 23.5 Å². The van der Waals surface area contributed by atoms with E-state index in [1.807, 2.05) is 0 Å². The average Bonchev–Trinajstić information content (AvgIpc) is 3.06. The van der Waals surface area contributed by atoms with Crippen LogP contribution in [-0.4, -0.2) is 48.2 Å². The minimum Gasteiger partial charge on any atom is -0.465 e. The molecule has 0 atom stereocenters. The molecule has 0 aliphatic carbocycles. The van der Waals surface area contributed by atoms with Gasteiger partial charge in [-0.2, -0.15) is 0 Å². The second-order valence-corrected chi connectivity index (χ2v) is 5.61. The number of aryl methyl sites for hydroxylation is 1. The van der Waals surface area contributed by atoms with Gasteiger partial charge in [0.15, 0.2) is 0 Å². The number of carbonyl (C=O) groups excluding carboxylic acids is 3. The first-order valence-corrected chi connectivity index (χ1v) is 7.80. The fourth-order valence-corrected chi connectivity index (χ4v) is 3.11. The van der Waals surface area contributed by atoms with Gasteiger partial charge >= 0.3 is 17.9 Å². The van der Waals surface area contributed by atoms with Crippen LogP contribution in [0.25, 0.3) is 16.6 Å². The number of esters is 3. The number of fused-ring (bicyclic) bond motifs is 3. The van der Waals surface area contributed by atoms with Crippen molar-refractivity contribution >= 4 is 34.5 Å². The van der Waals surface area contributed by atoms with Crippen molar-refractivity contribution in [2.75, 3.05) is 21.3 Å². The van der Waals surface area contributed by atoms with Crippen LogP contribution in [0.4, 0.5) is 0 Å². The fraction of sp³-hybridized carbons (Fsp3) is 0.222. The molecule has 3 rings (SSSR count). The van der Waals surface area contributed by atoms with Crippen molar-refractivity contribution < 1.29 is 28.6 Å². The Morgan fingerprint density at radius 1 is 0.815 bits per heavy atom. The van der Waals surface area contributed by atoms with Crippen molar-refractivity contribution in [1.82, 2.24) is 8.97 Å². The summed E-state index contributed by atoms with van der Waals surface area (Å²) in [6.07, 6.45) is 0. The van der Waals surface area contributed by atoms with Gasteiger partial charge in [0.05, 0.1) is 32.4 Å². The SMILES string of the molecule is COC(=O)c1c(C(=O)OC)c2c(=O)n(C)c3ccccc3n2c1C(=O)OC. The molecule has 0 N–H and O–H groups in total. The number of rotatable bonds is 3. The normalized spacial score (nSPS) is 10.8. The molecule has 0 fully saturated rings. The Balaban J connectivity index is 2.75. The van der Waals surface area contributed by atoms with Crippen LogP contribution in [-0.2, 0) is 21.3 Å². The number of carbonyl (C=O) groups is 3. The van der Waals surface area contributed by atoms with Crippen molar-refractivity contribution in [3.63, 3.8) is 0 Å². The number of para-hydroxylation sites is 2. The molecule has 9 nitrogen and oxygen atoms in total. The molecule has 0 aliphatic rings. The summed E-state index contributed by atoms with van der Waals surface area (Å²) in [5.41, 5.74) is -0.869. The maximum Gasteiger partial charge on any atom is 0.355 e. The van der Waals surface area contributed by atoms with Gasteiger partial charge in [-0.25, -0.2) is 14.4 Å². The summed E-state index contributed by atoms with van der Waals surface area (Å²) in [4.78, 5) is 50.4. The molecular formula is C18H16N2O7. The first-order valence-electron chi connectivity index (χ1n) is 7.80. The van der Waals surface area contributed by atoms with Crippen molar-refractivity contribution in [3.05, 3.63) is 51.4 Å². The van der Waals surface area contributed by atoms with Crippen LogP contribution in [0, 0.1) is 0 Å². The minimum absolute atomic E-state index is 0.177. The molecule has 0 aliphatic heterocycles. The Morgan fingerprint density at radius 2 is 1.33 bits per heavy atom. The molecule has 0 spiro atoms. The van der Waals surface area contributed by atoms with E-state index in [4.69, 9.17) is 14.2 Å². The Labute approximate surface area is 152 Å². The number of aromatic nitrogens is 2. The lowest BCUT2D eigenvalue weighted by molar-refractivity contribution is 0.0536. The molecule has 0 saturated heterocycles. The van der Waals surface area contributed by atoms with E-state index in [1.165, 1.54) is 16.0 Å². The molecule has 0 unspecified atom stereocenters. The van der Waals surface area contributed by atoms with Gasteiger partial charge in [-0.05, 0) is 12.1 Å². The molecule has 0 radical (unpaired) electrons. The van der Waals surface area contributed by atoms with Crippen molar-refractivity contribution in [2.24, 2.45) is 7.05 Å². The highest BCUT2D eigenvalue weighted by molar-refractivity contribution is 6.15. The number of ether oxygens (including phenoxy) is 3. The first-order chi connectivity index (χ1) is 12.9. The second kappa shape index (κ2) is 6.60. The zero-order chi connectivity index (χ0) is 19.9. The molecule has 0 saturated carbocycles. The smallest absolute Gasteiger partial charge is 0.355 e. The summed E-state index contributed by atoms with van der Waals surface area (Å²) in [6, 6.07) is 6.74. The third-order valence-corrected chi connectivity index (χ3v) is 4.32. The molecule has 27 heavy (non-hydrogen) atoms. The van der Waals surface area contributed by atoms with Crippen LogP contribution in [0.2, 0.25) is 0 Å². The van der Waals surface area contributed by atoms with Crippen LogP contribution in [0.3, 0.4) is 0 Å². The monoisotopic (exact) mass is 372 g/mol. The summed E-state index contributed by atoms with van der Waals surface area (Å²) in [5.74, 6) is -2.82. The Bertz CT molecular complexity index is 1170. The van der Waals surface area contributed by atoms with Gasteiger partial charge in [-0.1, -0.05) is 12.1 Å². The Kier molecular flexibility index (Phi) is 4.44. The van der Waals surface area contributed by atoms with E-state index in [0.717, 1.165) is 21.3 Å². The molecule has 0 amide bonds. The molecule has 2 aromatic heterocycles. The summed E-state index contributed by atoms with van der Waals surface area (Å²) in [7, 11) is 4.86. The molecule has 140 valence electrons. The lowest BCUT2D eigenvalue weighted by atomic mass is 10.1. The highest BCUT2D eigenvalue weighted by Gasteiger charge is 2.35. The van der Waals surface area contributed by atoms with E-state index >= 15 is 0 Å². The average molecular weight is 372 g/mol. The number of hydrogen-bond acceptors (Lipinski definition) is 7. The van der Waals surface area contributed by atoms with E-state index in [9.17, 15) is 19.2 Å². The predicted molar refractivity (Wildman–Crippen MR) is 94.2 cm³/mol. The highest BCUT2D eigenvalue weighted by atomic mass is 16.5. The van der Waals surface area contributed by atoms with Gasteiger partial charge in [-0.15, -0.1) is 0 Å². The molecule has 1 aromatic carbocycles. The minimum atomic E-state index is -0.967. The van der Waals surface area contributed by atoms with Crippen LogP contribution in [0.15, 0.2) is 29.1 Å². The lowest BCUT2D eigenvalue weighted by Gasteiger charge is -2.10. The molecule has 0 bridgehead atoms. The maximum atomic E-state index is 13.0. The third kappa shape index (κ3) is 2.47. The van der Waals surface area contributed by atoms with E-state index in [0.29, 0.717) is 11.0 Å². The van der Waals surface area contributed by atoms with Gasteiger partial charge in [0.2, 0.25) is 0 Å². The quantitative estimate of drug-likeness (QED) is 0.502. The van der Waals surface area contributed by atoms with Crippen molar-refractivity contribution in [1.29, 1.82) is 0 Å². The molecular weight excluding hydrogens is 356 g/mol. The van der Waals surface area contributed by atoms with Crippen LogP contribution >= 0.6 is 0 Å². The highest BCUT2D eigenvalue weighted by Crippen LogP contribution is 2.28. The van der Waals surface area contributed by atoms with Gasteiger partial charge < -0.3 is 18.8 Å². The Morgan fingerprint density at radius 3 is 1.89 bits per heavy atom. The summed E-state index contributed by atoms with van der Waals surface area (Å²) in [6.45, 7) is 0. The summed E-state index contributed by atoms with van der Waals surface area (Å²) >= 11 is 0. The summed E-state index contributed by atoms with van der Waals surface area (Å²) in [5, 5.41) is 0. The number of nitrogens with zero attached hydrogens (tertiary/aromatic N) is 2. The fourth-order valence-electron chi connectivity index (χ4n) is 3.11. The van der Waals surface area contributed by atoms with Crippen LogP contribution in [0.1, 0.15) is 31.2 Å². The van der Waals surface area contributed by atoms with Crippen LogP contribution < -0.4 is 5.56 Å². The van der Waals surface area contributed by atoms with Crippen molar-refractivity contribution in [3.8, 4) is 0 Å². The number of hydrogen-bond donors (Lipinski definition) is 0. The summed E-state index contributed by atoms with van der Waals surface area (Å²) < 4.78 is 16.8. The second-order valence-electron chi connectivity index (χ2n) is 5.61. The zero-order valence-electron chi connectivity index (χ0n) is 15.1. The lowest BCUT2D eigenvalue weighted by Crippen LogP contribution is -2.22. The van der Waals surface area contributed by atoms with E-state index in [2.05, 4.69) is 0 Å². The maximum absolute atomic E-state index is 13.0. The number of methoxy groups -OCH3 is 3. The van der Waals surface area contributed by atoms with E-state index in [1.54, 1.807) is 24.3 Å². The van der Waals surface area contributed by atoms with Gasteiger partial charge in [0.1, 0.15) is 22.3 Å². The topological polar surface area (TPSA) is 105 Å². The third-order valence-electron chi connectivity index (χ3n) is 4.32. The largest absolute Gasteiger partial charge is 0.465 e. The zero-order valence-corrected chi connectivity index (χ0v) is 15.1. The van der Waals surface area contributed by atoms with Gasteiger partial charge in [-0.3, -0.25) is 9.20 Å². The van der Waals surface area contributed by atoms with Crippen LogP contribution in [0.5, 0.6) is 0 Å². The van der Waals surface area contributed by atoms with Gasteiger partial charge in [0.25, 0.3) is 5.56 Å². The standard InChI is InChI=1S/C18H16N2O7/c1-19-9-7-5-6-8-10(9)20-13(15(19)21)11(16(22)25-2)12(17(23)26-3)14(20)18(24)27-4/h5-8H,1-4H3. The number of benzene rings is 1. The Hall–Kier alpha value is -3.62. The first kappa shape index (κ1) is 18.2. The van der Waals surface area contributed by atoms with Crippen molar-refractivity contribution in [2.45, 2.75) is 0 Å². The van der Waals surface area contributed by atoms with E-state index in [-0.39, 0.29) is 22.3 Å². The van der Waals surface area contributed by atoms with Gasteiger partial charge in [0, 0.05) is 7.05 Å².